The molecule has 3 nitrogen and oxygen atoms in total. The number of hydrogen-bond donors (Lipinski definition) is 1. The maximum Gasteiger partial charge on any atom is 0.228 e. The Morgan fingerprint density at radius 1 is 1.56 bits per heavy atom. The minimum absolute atomic E-state index is 0.552. The van der Waals surface area contributed by atoms with Crippen LogP contribution in [0.25, 0.3) is 0 Å². The van der Waals surface area contributed by atoms with Gasteiger partial charge in [-0.3, -0.25) is 0 Å². The van der Waals surface area contributed by atoms with Gasteiger partial charge in [-0.2, -0.15) is 0 Å². The Morgan fingerprint density at radius 2 is 2.25 bits per heavy atom. The zero-order valence-electron chi connectivity index (χ0n) is 10.1. The number of anilines is 1. The molecule has 1 unspecified atom stereocenters. The van der Waals surface area contributed by atoms with Crippen molar-refractivity contribution in [1.29, 1.82) is 0 Å². The van der Waals surface area contributed by atoms with Crippen molar-refractivity contribution < 1.29 is 4.74 Å². The van der Waals surface area contributed by atoms with Crippen LogP contribution in [0.1, 0.15) is 32.3 Å². The van der Waals surface area contributed by atoms with Gasteiger partial charge in [0.1, 0.15) is 0 Å². The van der Waals surface area contributed by atoms with Gasteiger partial charge in [-0.1, -0.05) is 20.3 Å². The van der Waals surface area contributed by atoms with Crippen LogP contribution in [0.4, 0.5) is 5.69 Å². The summed E-state index contributed by atoms with van der Waals surface area (Å²) >= 11 is 3.45. The van der Waals surface area contributed by atoms with Gasteiger partial charge in [-0.05, 0) is 40.8 Å². The predicted octanol–water partition coefficient (Wildman–Crippen LogP) is 3.55. The standard InChI is InChI=1S/C12H19BrN2O/c1-4-5-8(2)7-16-12-11(13)9(3)10(14)6-15-12/h6,8H,4-5,7,14H2,1-3H3. The van der Waals surface area contributed by atoms with Crippen LogP contribution in [-0.4, -0.2) is 11.6 Å². The molecule has 1 aromatic rings. The van der Waals surface area contributed by atoms with Crippen LogP contribution < -0.4 is 10.5 Å². The normalized spacial score (nSPS) is 12.5. The van der Waals surface area contributed by atoms with E-state index in [1.807, 2.05) is 6.92 Å². The number of nitrogens with two attached hydrogens (primary N) is 1. The summed E-state index contributed by atoms with van der Waals surface area (Å²) < 4.78 is 6.53. The lowest BCUT2D eigenvalue weighted by molar-refractivity contribution is 0.241. The van der Waals surface area contributed by atoms with Crippen molar-refractivity contribution in [1.82, 2.24) is 4.98 Å². The molecule has 1 heterocycles. The van der Waals surface area contributed by atoms with Crippen molar-refractivity contribution in [3.8, 4) is 5.88 Å². The summed E-state index contributed by atoms with van der Waals surface area (Å²) in [5, 5.41) is 0. The Hall–Kier alpha value is -0.770. The summed E-state index contributed by atoms with van der Waals surface area (Å²) in [6, 6.07) is 0. The van der Waals surface area contributed by atoms with Crippen LogP contribution in [0, 0.1) is 12.8 Å². The van der Waals surface area contributed by atoms with Crippen LogP contribution in [0.15, 0.2) is 10.7 Å². The Morgan fingerprint density at radius 3 is 2.88 bits per heavy atom. The first-order valence-electron chi connectivity index (χ1n) is 5.59. The van der Waals surface area contributed by atoms with Gasteiger partial charge in [0, 0.05) is 0 Å². The predicted molar refractivity (Wildman–Crippen MR) is 70.7 cm³/mol. The highest BCUT2D eigenvalue weighted by atomic mass is 79.9. The maximum atomic E-state index is 5.75. The zero-order chi connectivity index (χ0) is 12.1. The number of rotatable bonds is 5. The van der Waals surface area contributed by atoms with Gasteiger partial charge >= 0.3 is 0 Å². The molecule has 1 aromatic heterocycles. The van der Waals surface area contributed by atoms with Crippen LogP contribution in [-0.2, 0) is 0 Å². The molecule has 0 aromatic carbocycles. The molecule has 1 atom stereocenters. The zero-order valence-corrected chi connectivity index (χ0v) is 11.7. The average Bonchev–Trinajstić information content (AvgIpc) is 2.25. The van der Waals surface area contributed by atoms with Gasteiger partial charge in [-0.15, -0.1) is 0 Å². The van der Waals surface area contributed by atoms with E-state index in [-0.39, 0.29) is 0 Å². The topological polar surface area (TPSA) is 48.1 Å². The van der Waals surface area contributed by atoms with Gasteiger partial charge in [0.15, 0.2) is 0 Å². The minimum Gasteiger partial charge on any atom is -0.477 e. The summed E-state index contributed by atoms with van der Waals surface area (Å²) in [6.07, 6.45) is 3.99. The molecule has 0 aliphatic heterocycles. The first kappa shape index (κ1) is 13.3. The van der Waals surface area contributed by atoms with Crippen molar-refractivity contribution >= 4 is 21.6 Å². The van der Waals surface area contributed by atoms with Crippen molar-refractivity contribution in [2.24, 2.45) is 5.92 Å². The molecule has 2 N–H and O–H groups in total. The molecule has 0 radical (unpaired) electrons. The summed E-state index contributed by atoms with van der Waals surface area (Å²) in [5.41, 5.74) is 7.41. The van der Waals surface area contributed by atoms with Gasteiger partial charge < -0.3 is 10.5 Å². The highest BCUT2D eigenvalue weighted by Crippen LogP contribution is 2.29. The summed E-state index contributed by atoms with van der Waals surface area (Å²) in [5.74, 6) is 1.19. The monoisotopic (exact) mass is 286 g/mol. The number of aromatic nitrogens is 1. The Balaban J connectivity index is 2.64. The van der Waals surface area contributed by atoms with Crippen molar-refractivity contribution in [2.75, 3.05) is 12.3 Å². The number of nitrogens with zero attached hydrogens (tertiary/aromatic N) is 1. The Labute approximate surface area is 106 Å². The number of pyridine rings is 1. The summed E-state index contributed by atoms with van der Waals surface area (Å²) in [7, 11) is 0. The molecule has 0 bridgehead atoms. The molecule has 1 rings (SSSR count). The van der Waals surface area contributed by atoms with Crippen LogP contribution in [0.5, 0.6) is 5.88 Å². The minimum atomic E-state index is 0.552. The number of hydrogen-bond acceptors (Lipinski definition) is 3. The third kappa shape index (κ3) is 3.37. The van der Waals surface area contributed by atoms with E-state index in [0.29, 0.717) is 24.1 Å². The molecule has 0 saturated heterocycles. The van der Waals surface area contributed by atoms with Crippen LogP contribution in [0.3, 0.4) is 0 Å². The van der Waals surface area contributed by atoms with E-state index in [0.717, 1.165) is 10.0 Å². The summed E-state index contributed by atoms with van der Waals surface area (Å²) in [4.78, 5) is 4.18. The highest BCUT2D eigenvalue weighted by molar-refractivity contribution is 9.10. The van der Waals surface area contributed by atoms with Crippen LogP contribution in [0.2, 0.25) is 0 Å². The molecule has 90 valence electrons. The first-order valence-corrected chi connectivity index (χ1v) is 6.38. The number of halogens is 1. The van der Waals surface area contributed by atoms with Gasteiger partial charge in [0.05, 0.1) is 23.0 Å². The lowest BCUT2D eigenvalue weighted by Gasteiger charge is -2.13. The molecule has 16 heavy (non-hydrogen) atoms. The Bertz CT molecular complexity index is 355. The lowest BCUT2D eigenvalue weighted by atomic mass is 10.1. The van der Waals surface area contributed by atoms with E-state index >= 15 is 0 Å². The maximum absolute atomic E-state index is 5.75. The summed E-state index contributed by atoms with van der Waals surface area (Å²) in [6.45, 7) is 7.01. The van der Waals surface area contributed by atoms with Crippen LogP contribution >= 0.6 is 15.9 Å². The van der Waals surface area contributed by atoms with Crippen molar-refractivity contribution in [2.45, 2.75) is 33.6 Å². The van der Waals surface area contributed by atoms with Crippen molar-refractivity contribution in [3.63, 3.8) is 0 Å². The quantitative estimate of drug-likeness (QED) is 0.901. The second-order valence-electron chi connectivity index (χ2n) is 4.16. The third-order valence-electron chi connectivity index (χ3n) is 2.56. The SMILES string of the molecule is CCCC(C)COc1ncc(N)c(C)c1Br. The lowest BCUT2D eigenvalue weighted by Crippen LogP contribution is -2.10. The van der Waals surface area contributed by atoms with E-state index in [4.69, 9.17) is 10.5 Å². The van der Waals surface area contributed by atoms with Gasteiger partial charge in [-0.25, -0.2) is 4.98 Å². The molecule has 0 saturated carbocycles. The third-order valence-corrected chi connectivity index (χ3v) is 3.49. The second kappa shape index (κ2) is 6.09. The van der Waals surface area contributed by atoms with E-state index < -0.39 is 0 Å². The molecular formula is C12H19BrN2O. The fourth-order valence-corrected chi connectivity index (χ4v) is 1.91. The van der Waals surface area contributed by atoms with Gasteiger partial charge in [0.25, 0.3) is 0 Å². The molecule has 4 heteroatoms. The number of nitrogen functional groups attached to an aromatic ring is 1. The molecule has 0 spiro atoms. The molecule has 0 amide bonds. The Kier molecular flexibility index (Phi) is 5.06. The smallest absolute Gasteiger partial charge is 0.228 e. The second-order valence-corrected chi connectivity index (χ2v) is 4.96. The fraction of sp³-hybridized carbons (Fsp3) is 0.583. The van der Waals surface area contributed by atoms with Crippen molar-refractivity contribution in [3.05, 3.63) is 16.2 Å². The molecular weight excluding hydrogens is 268 g/mol. The van der Waals surface area contributed by atoms with E-state index in [9.17, 15) is 0 Å². The fourth-order valence-electron chi connectivity index (χ4n) is 1.47. The number of ether oxygens (including phenoxy) is 1. The van der Waals surface area contributed by atoms with E-state index in [2.05, 4.69) is 34.8 Å². The van der Waals surface area contributed by atoms with E-state index in [1.54, 1.807) is 6.20 Å². The molecule has 0 aliphatic rings. The van der Waals surface area contributed by atoms with E-state index in [1.165, 1.54) is 12.8 Å². The average molecular weight is 287 g/mol. The van der Waals surface area contributed by atoms with Gasteiger partial charge in [0.2, 0.25) is 5.88 Å². The highest BCUT2D eigenvalue weighted by Gasteiger charge is 2.10. The molecule has 0 aliphatic carbocycles. The first-order chi connectivity index (χ1) is 7.56. The molecule has 0 fully saturated rings. The largest absolute Gasteiger partial charge is 0.477 e.